The fourth-order valence-electron chi connectivity index (χ4n) is 4.29. The zero-order valence-corrected chi connectivity index (χ0v) is 23.9. The minimum atomic E-state index is -1.13. The Morgan fingerprint density at radius 3 is 2.68 bits per heavy atom. The highest BCUT2D eigenvalue weighted by atomic mass is 79.9. The SMILES string of the molecule is CC(C)(CCCCCc1cccc(Br)n1)C(=O)N1Cc2c(N)nn(COCC[Si](C)(C)C)c2C1. The van der Waals surface area contributed by atoms with E-state index in [1.165, 1.54) is 0 Å². The van der Waals surface area contributed by atoms with Crippen molar-refractivity contribution in [2.24, 2.45) is 5.41 Å². The largest absolute Gasteiger partial charge is 0.382 e. The number of rotatable bonds is 12. The van der Waals surface area contributed by atoms with Crippen molar-refractivity contribution in [2.75, 3.05) is 12.3 Å². The number of aryl methyl sites for hydroxylation is 1. The smallest absolute Gasteiger partial charge is 0.228 e. The predicted molar refractivity (Wildman–Crippen MR) is 143 cm³/mol. The molecule has 0 radical (unpaired) electrons. The molecule has 0 aromatic carbocycles. The van der Waals surface area contributed by atoms with Crippen LogP contribution in [0.5, 0.6) is 0 Å². The van der Waals surface area contributed by atoms with Gasteiger partial charge in [0.05, 0.1) is 18.8 Å². The molecule has 2 aromatic heterocycles. The van der Waals surface area contributed by atoms with Gasteiger partial charge in [0, 0.05) is 31.4 Å². The molecule has 1 aliphatic heterocycles. The number of ether oxygens (including phenoxy) is 1. The molecular weight excluding hydrogens is 510 g/mol. The van der Waals surface area contributed by atoms with Crippen LogP contribution in [0.1, 0.15) is 56.5 Å². The lowest BCUT2D eigenvalue weighted by atomic mass is 9.85. The molecule has 0 bridgehead atoms. The molecule has 0 spiro atoms. The van der Waals surface area contributed by atoms with Gasteiger partial charge in [0.25, 0.3) is 0 Å². The summed E-state index contributed by atoms with van der Waals surface area (Å²) in [7, 11) is -1.13. The van der Waals surface area contributed by atoms with Crippen molar-refractivity contribution < 1.29 is 9.53 Å². The monoisotopic (exact) mass is 549 g/mol. The molecule has 0 aliphatic carbocycles. The second-order valence-electron chi connectivity index (χ2n) is 11.2. The Morgan fingerprint density at radius 1 is 1.21 bits per heavy atom. The molecular formula is C25H40BrN5O2Si. The summed E-state index contributed by atoms with van der Waals surface area (Å²) in [6.07, 6.45) is 5.01. The highest BCUT2D eigenvalue weighted by molar-refractivity contribution is 9.10. The summed E-state index contributed by atoms with van der Waals surface area (Å²) < 4.78 is 8.60. The molecule has 7 nitrogen and oxygen atoms in total. The van der Waals surface area contributed by atoms with Gasteiger partial charge in [-0.25, -0.2) is 9.67 Å². The Morgan fingerprint density at radius 2 is 1.97 bits per heavy atom. The normalized spacial score (nSPS) is 14.0. The topological polar surface area (TPSA) is 86.3 Å². The number of halogens is 1. The van der Waals surface area contributed by atoms with Gasteiger partial charge in [-0.05, 0) is 53.4 Å². The first kappa shape index (κ1) is 26.9. The van der Waals surface area contributed by atoms with Gasteiger partial charge >= 0.3 is 0 Å². The average molecular weight is 551 g/mol. The first-order chi connectivity index (χ1) is 16.0. The van der Waals surface area contributed by atoms with Crippen LogP contribution < -0.4 is 5.73 Å². The molecule has 0 atom stereocenters. The first-order valence-electron chi connectivity index (χ1n) is 12.3. The van der Waals surface area contributed by atoms with E-state index in [4.69, 9.17) is 10.5 Å². The lowest BCUT2D eigenvalue weighted by Crippen LogP contribution is -2.38. The van der Waals surface area contributed by atoms with Gasteiger partial charge in [0.1, 0.15) is 11.3 Å². The second kappa shape index (κ2) is 11.3. The van der Waals surface area contributed by atoms with Gasteiger partial charge in [0.15, 0.2) is 5.82 Å². The van der Waals surface area contributed by atoms with Crippen molar-refractivity contribution in [1.82, 2.24) is 19.7 Å². The third-order valence-corrected chi connectivity index (χ3v) is 8.62. The number of hydrogen-bond acceptors (Lipinski definition) is 5. The molecule has 2 N–H and O–H groups in total. The summed E-state index contributed by atoms with van der Waals surface area (Å²) in [5, 5.41) is 4.46. The third-order valence-electron chi connectivity index (χ3n) is 6.47. The molecule has 0 fully saturated rings. The molecule has 2 aromatic rings. The molecule has 1 aliphatic rings. The molecule has 0 saturated heterocycles. The standard InChI is InChI=1S/C25H40BrN5O2Si/c1-25(2,13-8-6-7-10-19-11-9-12-22(26)28-19)24(32)30-16-20-21(17-30)31(29-23(20)27)18-33-14-15-34(3,4)5/h9,11-12H,6-8,10,13-18H2,1-5H3,(H2,27,29). The summed E-state index contributed by atoms with van der Waals surface area (Å²) >= 11 is 3.43. The van der Waals surface area contributed by atoms with Crippen LogP contribution in [0.3, 0.4) is 0 Å². The van der Waals surface area contributed by atoms with Crippen LogP contribution in [0.25, 0.3) is 0 Å². The summed E-state index contributed by atoms with van der Waals surface area (Å²) in [6, 6.07) is 7.15. The van der Waals surface area contributed by atoms with Gasteiger partial charge in [-0.2, -0.15) is 5.10 Å². The van der Waals surface area contributed by atoms with Crippen molar-refractivity contribution in [2.45, 2.75) is 91.5 Å². The molecule has 0 saturated carbocycles. The van der Waals surface area contributed by atoms with Crippen molar-refractivity contribution in [3.05, 3.63) is 39.8 Å². The van der Waals surface area contributed by atoms with E-state index in [9.17, 15) is 4.79 Å². The van der Waals surface area contributed by atoms with Crippen LogP contribution in [0.4, 0.5) is 5.82 Å². The van der Waals surface area contributed by atoms with Crippen LogP contribution in [0.15, 0.2) is 22.8 Å². The number of anilines is 1. The highest BCUT2D eigenvalue weighted by Crippen LogP contribution is 2.33. The van der Waals surface area contributed by atoms with Crippen molar-refractivity contribution in [3.8, 4) is 0 Å². The van der Waals surface area contributed by atoms with Crippen LogP contribution in [-0.4, -0.2) is 40.3 Å². The Balaban J connectivity index is 1.46. The van der Waals surface area contributed by atoms with Gasteiger partial charge in [-0.3, -0.25) is 4.79 Å². The van der Waals surface area contributed by atoms with Crippen molar-refractivity contribution in [3.63, 3.8) is 0 Å². The quantitative estimate of drug-likeness (QED) is 0.211. The van der Waals surface area contributed by atoms with Crippen LogP contribution in [0, 0.1) is 5.41 Å². The van der Waals surface area contributed by atoms with E-state index in [1.807, 2.05) is 21.7 Å². The summed E-state index contributed by atoms with van der Waals surface area (Å²) in [5.74, 6) is 0.695. The number of carbonyl (C=O) groups excluding carboxylic acids is 1. The zero-order valence-electron chi connectivity index (χ0n) is 21.4. The van der Waals surface area contributed by atoms with E-state index in [2.05, 4.69) is 65.6 Å². The fourth-order valence-corrected chi connectivity index (χ4v) is 5.42. The number of nitrogen functional groups attached to an aromatic ring is 1. The number of hydrogen-bond donors (Lipinski definition) is 1. The molecule has 34 heavy (non-hydrogen) atoms. The number of unbranched alkanes of at least 4 members (excludes halogenated alkanes) is 2. The van der Waals surface area contributed by atoms with Gasteiger partial charge < -0.3 is 15.4 Å². The lowest BCUT2D eigenvalue weighted by Gasteiger charge is -2.29. The minimum Gasteiger partial charge on any atom is -0.382 e. The molecule has 188 valence electrons. The number of nitrogens with two attached hydrogens (primary N) is 1. The van der Waals surface area contributed by atoms with E-state index in [1.54, 1.807) is 0 Å². The van der Waals surface area contributed by atoms with Crippen LogP contribution in [0.2, 0.25) is 25.7 Å². The van der Waals surface area contributed by atoms with Crippen molar-refractivity contribution >= 4 is 35.7 Å². The number of pyridine rings is 1. The summed E-state index contributed by atoms with van der Waals surface area (Å²) in [5.41, 5.74) is 8.87. The van der Waals surface area contributed by atoms with E-state index < -0.39 is 13.5 Å². The second-order valence-corrected chi connectivity index (χ2v) is 17.6. The first-order valence-corrected chi connectivity index (χ1v) is 16.8. The van der Waals surface area contributed by atoms with E-state index in [0.29, 0.717) is 25.6 Å². The number of fused-ring (bicyclic) bond motifs is 1. The molecule has 9 heteroatoms. The predicted octanol–water partition coefficient (Wildman–Crippen LogP) is 5.61. The summed E-state index contributed by atoms with van der Waals surface area (Å²) in [6.45, 7) is 13.3. The molecule has 3 heterocycles. The Bertz CT molecular complexity index is 986. The molecule has 0 unspecified atom stereocenters. The number of nitrogens with zero attached hydrogens (tertiary/aromatic N) is 4. The molecule has 1 amide bonds. The Labute approximate surface area is 213 Å². The Hall–Kier alpha value is -1.71. The maximum absolute atomic E-state index is 13.4. The van der Waals surface area contributed by atoms with E-state index in [0.717, 1.165) is 66.3 Å². The van der Waals surface area contributed by atoms with Crippen LogP contribution in [-0.2, 0) is 35.8 Å². The Kier molecular flexibility index (Phi) is 8.97. The van der Waals surface area contributed by atoms with E-state index in [-0.39, 0.29) is 5.91 Å². The zero-order chi connectivity index (χ0) is 24.9. The number of carbonyl (C=O) groups is 1. The van der Waals surface area contributed by atoms with Gasteiger partial charge in [-0.15, -0.1) is 0 Å². The average Bonchev–Trinajstić information content (AvgIpc) is 3.30. The minimum absolute atomic E-state index is 0.183. The maximum Gasteiger partial charge on any atom is 0.228 e. The third kappa shape index (κ3) is 7.39. The maximum atomic E-state index is 13.4. The van der Waals surface area contributed by atoms with Crippen LogP contribution >= 0.6 is 15.9 Å². The molecule has 3 rings (SSSR count). The lowest BCUT2D eigenvalue weighted by molar-refractivity contribution is -0.141. The highest BCUT2D eigenvalue weighted by Gasteiger charge is 2.37. The van der Waals surface area contributed by atoms with Gasteiger partial charge in [0.2, 0.25) is 5.91 Å². The van der Waals surface area contributed by atoms with Crippen molar-refractivity contribution in [1.29, 1.82) is 0 Å². The van der Waals surface area contributed by atoms with E-state index >= 15 is 0 Å². The summed E-state index contributed by atoms with van der Waals surface area (Å²) in [4.78, 5) is 19.8. The fraction of sp³-hybridized carbons (Fsp3) is 0.640. The van der Waals surface area contributed by atoms with Gasteiger partial charge in [-0.1, -0.05) is 52.4 Å². The number of aromatic nitrogens is 3. The number of amides is 1.